The monoisotopic (exact) mass is 444 g/mol. The quantitative estimate of drug-likeness (QED) is 0.343. The molecule has 34 heavy (non-hydrogen) atoms. The molecule has 0 saturated carbocycles. The molecule has 168 valence electrons. The normalized spacial score (nSPS) is 19.2. The van der Waals surface area contributed by atoms with Crippen molar-refractivity contribution in [2.24, 2.45) is 4.99 Å². The third kappa shape index (κ3) is 3.77. The van der Waals surface area contributed by atoms with Crippen molar-refractivity contribution in [3.05, 3.63) is 125 Å². The molecular weight excluding hydrogens is 416 g/mol. The van der Waals surface area contributed by atoms with E-state index >= 15 is 0 Å². The number of hydrogen-bond acceptors (Lipinski definition) is 3. The Morgan fingerprint density at radius 3 is 1.79 bits per heavy atom. The summed E-state index contributed by atoms with van der Waals surface area (Å²) < 4.78 is 0. The van der Waals surface area contributed by atoms with Crippen LogP contribution in [0, 0.1) is 0 Å². The maximum absolute atomic E-state index is 10.2. The lowest BCUT2D eigenvalue weighted by Gasteiger charge is -2.43. The minimum atomic E-state index is 0.251. The van der Waals surface area contributed by atoms with Gasteiger partial charge in [0.05, 0.1) is 5.69 Å². The van der Waals surface area contributed by atoms with Crippen molar-refractivity contribution in [2.75, 3.05) is 18.0 Å². The summed E-state index contributed by atoms with van der Waals surface area (Å²) in [5, 5.41) is 10.2. The summed E-state index contributed by atoms with van der Waals surface area (Å²) in [7, 11) is 0. The van der Waals surface area contributed by atoms with Crippen LogP contribution in [-0.4, -0.2) is 24.4 Å². The van der Waals surface area contributed by atoms with Crippen LogP contribution in [0.4, 0.5) is 11.4 Å². The van der Waals surface area contributed by atoms with E-state index in [0.717, 1.165) is 37.2 Å². The van der Waals surface area contributed by atoms with Gasteiger partial charge in [0.25, 0.3) is 0 Å². The SMILES string of the molecule is Oc1ccccc1C=Nc1cc2c3c(c1)[C@H](c1ccccc1)CCN3CC[C@@H]2c1ccccc1. The van der Waals surface area contributed by atoms with Gasteiger partial charge in [-0.3, -0.25) is 4.99 Å². The molecule has 3 nitrogen and oxygen atoms in total. The van der Waals surface area contributed by atoms with Gasteiger partial charge < -0.3 is 10.0 Å². The van der Waals surface area contributed by atoms with Crippen LogP contribution in [0.1, 0.15) is 52.5 Å². The number of rotatable bonds is 4. The molecule has 0 fully saturated rings. The zero-order chi connectivity index (χ0) is 22.9. The second kappa shape index (κ2) is 8.83. The first-order chi connectivity index (χ1) is 16.8. The maximum Gasteiger partial charge on any atom is 0.124 e. The molecule has 6 rings (SSSR count). The van der Waals surface area contributed by atoms with Crippen LogP contribution in [0.15, 0.2) is 102 Å². The van der Waals surface area contributed by atoms with Crippen molar-refractivity contribution in [1.82, 2.24) is 0 Å². The molecule has 0 spiro atoms. The molecule has 0 unspecified atom stereocenters. The molecule has 0 radical (unpaired) electrons. The van der Waals surface area contributed by atoms with E-state index < -0.39 is 0 Å². The summed E-state index contributed by atoms with van der Waals surface area (Å²) in [6.45, 7) is 2.17. The predicted molar refractivity (Wildman–Crippen MR) is 140 cm³/mol. The molecule has 4 aromatic rings. The Morgan fingerprint density at radius 1 is 0.706 bits per heavy atom. The van der Waals surface area contributed by atoms with E-state index in [0.29, 0.717) is 11.8 Å². The van der Waals surface area contributed by atoms with Gasteiger partial charge in [0, 0.05) is 42.4 Å². The Morgan fingerprint density at radius 2 is 1.24 bits per heavy atom. The van der Waals surface area contributed by atoms with Crippen molar-refractivity contribution in [3.63, 3.8) is 0 Å². The molecule has 0 aliphatic carbocycles. The number of benzene rings is 4. The van der Waals surface area contributed by atoms with Crippen molar-refractivity contribution in [3.8, 4) is 5.75 Å². The van der Waals surface area contributed by atoms with Crippen molar-refractivity contribution in [2.45, 2.75) is 24.7 Å². The molecule has 2 atom stereocenters. The maximum atomic E-state index is 10.2. The molecule has 4 aromatic carbocycles. The highest BCUT2D eigenvalue weighted by molar-refractivity contribution is 5.86. The Balaban J connectivity index is 1.51. The van der Waals surface area contributed by atoms with E-state index in [-0.39, 0.29) is 5.75 Å². The van der Waals surface area contributed by atoms with Crippen LogP contribution in [-0.2, 0) is 0 Å². The third-order valence-electron chi connectivity index (χ3n) is 7.29. The largest absolute Gasteiger partial charge is 0.507 e. The second-order valence-corrected chi connectivity index (χ2v) is 9.28. The van der Waals surface area contributed by atoms with Gasteiger partial charge in [-0.15, -0.1) is 0 Å². The summed E-state index contributed by atoms with van der Waals surface area (Å²) in [5.74, 6) is 0.975. The zero-order valence-electron chi connectivity index (χ0n) is 19.1. The number of phenols is 1. The minimum absolute atomic E-state index is 0.251. The van der Waals surface area contributed by atoms with Gasteiger partial charge in [-0.25, -0.2) is 0 Å². The van der Waals surface area contributed by atoms with Gasteiger partial charge in [0.1, 0.15) is 5.75 Å². The number of nitrogens with zero attached hydrogens (tertiary/aromatic N) is 2. The van der Waals surface area contributed by atoms with Gasteiger partial charge in [-0.05, 0) is 59.4 Å². The molecule has 2 aliphatic rings. The molecule has 0 bridgehead atoms. The van der Waals surface area contributed by atoms with E-state index in [9.17, 15) is 5.11 Å². The lowest BCUT2D eigenvalue weighted by Crippen LogP contribution is -2.37. The molecular formula is C31H28N2O. The number of aromatic hydroxyl groups is 1. The summed E-state index contributed by atoms with van der Waals surface area (Å²) in [6.07, 6.45) is 4.00. The summed E-state index contributed by atoms with van der Waals surface area (Å²) in [6, 6.07) is 33.6. The van der Waals surface area contributed by atoms with Crippen LogP contribution in [0.2, 0.25) is 0 Å². The Hall–Kier alpha value is -3.85. The summed E-state index contributed by atoms with van der Waals surface area (Å²) in [5.41, 5.74) is 8.57. The molecule has 3 heteroatoms. The average Bonchev–Trinajstić information content (AvgIpc) is 2.89. The van der Waals surface area contributed by atoms with E-state index in [4.69, 9.17) is 4.99 Å². The highest BCUT2D eigenvalue weighted by atomic mass is 16.3. The number of anilines is 1. The Bertz CT molecular complexity index is 1260. The fourth-order valence-corrected chi connectivity index (χ4v) is 5.65. The first kappa shape index (κ1) is 20.7. The van der Waals surface area contributed by atoms with Gasteiger partial charge in [0.15, 0.2) is 0 Å². The van der Waals surface area contributed by atoms with Crippen molar-refractivity contribution >= 4 is 17.6 Å². The van der Waals surface area contributed by atoms with Gasteiger partial charge in [0.2, 0.25) is 0 Å². The first-order valence-corrected chi connectivity index (χ1v) is 12.1. The highest BCUT2D eigenvalue weighted by Crippen LogP contribution is 2.49. The molecule has 2 aliphatic heterocycles. The molecule has 0 amide bonds. The minimum Gasteiger partial charge on any atom is -0.507 e. The first-order valence-electron chi connectivity index (χ1n) is 12.1. The molecule has 0 aromatic heterocycles. The van der Waals surface area contributed by atoms with Gasteiger partial charge in [-0.2, -0.15) is 0 Å². The fourth-order valence-electron chi connectivity index (χ4n) is 5.65. The van der Waals surface area contributed by atoms with Crippen LogP contribution < -0.4 is 4.90 Å². The summed E-state index contributed by atoms with van der Waals surface area (Å²) >= 11 is 0. The van der Waals surface area contributed by atoms with Gasteiger partial charge in [-0.1, -0.05) is 72.8 Å². The lowest BCUT2D eigenvalue weighted by molar-refractivity contribution is 0.474. The van der Waals surface area contributed by atoms with E-state index in [1.807, 2.05) is 18.2 Å². The number of phenolic OH excluding ortho intramolecular Hbond substituents is 1. The van der Waals surface area contributed by atoms with Crippen LogP contribution in [0.5, 0.6) is 5.75 Å². The average molecular weight is 445 g/mol. The van der Waals surface area contributed by atoms with Crippen molar-refractivity contribution in [1.29, 1.82) is 0 Å². The lowest BCUT2D eigenvalue weighted by atomic mass is 9.76. The zero-order valence-corrected chi connectivity index (χ0v) is 19.1. The molecule has 2 heterocycles. The van der Waals surface area contributed by atoms with Gasteiger partial charge >= 0.3 is 0 Å². The smallest absolute Gasteiger partial charge is 0.124 e. The predicted octanol–water partition coefficient (Wildman–Crippen LogP) is 7.02. The Kier molecular flexibility index (Phi) is 5.38. The summed E-state index contributed by atoms with van der Waals surface area (Å²) in [4.78, 5) is 7.44. The van der Waals surface area contributed by atoms with Crippen molar-refractivity contribution < 1.29 is 5.11 Å². The Labute approximate surface area is 201 Å². The van der Waals surface area contributed by atoms with E-state index in [1.54, 1.807) is 12.3 Å². The van der Waals surface area contributed by atoms with E-state index in [1.165, 1.54) is 27.9 Å². The standard InChI is InChI=1S/C31H28N2O/c34-30-14-8-7-13-24(30)21-32-25-19-28-26(22-9-3-1-4-10-22)15-17-33-18-16-27(29(20-25)31(28)33)23-11-5-2-6-12-23/h1-14,19-21,26-27,34H,15-18H2/t26-,27+. The highest BCUT2D eigenvalue weighted by Gasteiger charge is 2.34. The number of aliphatic imine (C=N–C) groups is 1. The van der Waals surface area contributed by atoms with Crippen LogP contribution in [0.3, 0.4) is 0 Å². The second-order valence-electron chi connectivity index (χ2n) is 9.28. The number of para-hydroxylation sites is 1. The number of hydrogen-bond donors (Lipinski definition) is 1. The molecule has 0 saturated heterocycles. The topological polar surface area (TPSA) is 35.8 Å². The van der Waals surface area contributed by atoms with Crippen LogP contribution in [0.25, 0.3) is 0 Å². The van der Waals surface area contributed by atoms with Crippen LogP contribution >= 0.6 is 0 Å². The molecule has 1 N–H and O–H groups in total. The van der Waals surface area contributed by atoms with E-state index in [2.05, 4.69) is 77.7 Å². The third-order valence-corrected chi connectivity index (χ3v) is 7.29. The fraction of sp³-hybridized carbons (Fsp3) is 0.194.